The summed E-state index contributed by atoms with van der Waals surface area (Å²) in [6.45, 7) is 4.36. The van der Waals surface area contributed by atoms with Gasteiger partial charge >= 0.3 is 6.03 Å². The van der Waals surface area contributed by atoms with Crippen LogP contribution in [0.1, 0.15) is 16.3 Å². The second-order valence-corrected chi connectivity index (χ2v) is 6.37. The van der Waals surface area contributed by atoms with Gasteiger partial charge < -0.3 is 10.2 Å². The van der Waals surface area contributed by atoms with Crippen molar-refractivity contribution in [3.8, 4) is 5.69 Å². The molecule has 0 aliphatic rings. The molecule has 124 valence electrons. The van der Waals surface area contributed by atoms with Crippen LogP contribution in [0, 0.1) is 13.8 Å². The highest BCUT2D eigenvalue weighted by Crippen LogP contribution is 2.18. The van der Waals surface area contributed by atoms with Crippen molar-refractivity contribution in [1.29, 1.82) is 0 Å². The van der Waals surface area contributed by atoms with Crippen LogP contribution in [0.15, 0.2) is 29.9 Å². The van der Waals surface area contributed by atoms with Crippen LogP contribution in [0.25, 0.3) is 5.69 Å². The molecule has 0 fully saturated rings. The first-order valence-electron chi connectivity index (χ1n) is 7.30. The largest absolute Gasteiger partial charge is 0.321 e. The molecule has 3 rings (SSSR count). The van der Waals surface area contributed by atoms with Gasteiger partial charge in [0.15, 0.2) is 0 Å². The number of amides is 2. The minimum absolute atomic E-state index is 0.183. The van der Waals surface area contributed by atoms with Crippen LogP contribution < -0.4 is 5.32 Å². The number of tetrazole rings is 1. The van der Waals surface area contributed by atoms with Gasteiger partial charge in [0.05, 0.1) is 12.2 Å². The fourth-order valence-corrected chi connectivity index (χ4v) is 3.06. The summed E-state index contributed by atoms with van der Waals surface area (Å²) in [5, 5.41) is 16.9. The molecule has 2 amide bonds. The predicted octanol–water partition coefficient (Wildman–Crippen LogP) is 2.40. The minimum Gasteiger partial charge on any atom is -0.321 e. The molecule has 0 saturated carbocycles. The van der Waals surface area contributed by atoms with Gasteiger partial charge in [-0.25, -0.2) is 14.5 Å². The molecule has 0 saturated heterocycles. The number of carbonyl (C=O) groups excluding carboxylic acids is 1. The maximum atomic E-state index is 12.3. The topological polar surface area (TPSA) is 88.8 Å². The first kappa shape index (κ1) is 16.1. The lowest BCUT2D eigenvalue weighted by molar-refractivity contribution is 0.220. The number of hydrogen-bond donors (Lipinski definition) is 1. The lowest BCUT2D eigenvalue weighted by atomic mass is 10.2. The first-order chi connectivity index (χ1) is 11.5. The standard InChI is InChI=1S/C15H17N7OS/c1-10-6-12(4-5-13(10)22-9-16-19-20-22)18-15(23)21(3)7-14-17-11(2)8-24-14/h4-6,8-9H,7H2,1-3H3,(H,18,23). The lowest BCUT2D eigenvalue weighted by Crippen LogP contribution is -2.30. The van der Waals surface area contributed by atoms with Gasteiger partial charge in [0, 0.05) is 23.8 Å². The van der Waals surface area contributed by atoms with Gasteiger partial charge in [-0.05, 0) is 48.0 Å². The van der Waals surface area contributed by atoms with Crippen molar-refractivity contribution >= 4 is 23.1 Å². The van der Waals surface area contributed by atoms with E-state index in [1.54, 1.807) is 28.0 Å². The maximum absolute atomic E-state index is 12.3. The molecular weight excluding hydrogens is 326 g/mol. The molecule has 9 heteroatoms. The van der Waals surface area contributed by atoms with E-state index in [1.165, 1.54) is 6.33 Å². The lowest BCUT2D eigenvalue weighted by Gasteiger charge is -2.17. The quantitative estimate of drug-likeness (QED) is 0.786. The Balaban J connectivity index is 1.67. The van der Waals surface area contributed by atoms with Gasteiger partial charge in [0.2, 0.25) is 0 Å². The van der Waals surface area contributed by atoms with Gasteiger partial charge in [-0.2, -0.15) is 0 Å². The van der Waals surface area contributed by atoms with E-state index >= 15 is 0 Å². The van der Waals surface area contributed by atoms with Crippen molar-refractivity contribution in [2.75, 3.05) is 12.4 Å². The SMILES string of the molecule is Cc1csc(CN(C)C(=O)Nc2ccc(-n3cnnn3)c(C)c2)n1. The summed E-state index contributed by atoms with van der Waals surface area (Å²) in [4.78, 5) is 18.3. The third-order valence-corrected chi connectivity index (χ3v) is 4.38. The Bertz CT molecular complexity index is 843. The zero-order valence-corrected chi connectivity index (χ0v) is 14.4. The molecule has 1 aromatic carbocycles. The van der Waals surface area contributed by atoms with E-state index < -0.39 is 0 Å². The number of aryl methyl sites for hydroxylation is 2. The van der Waals surface area contributed by atoms with Crippen molar-refractivity contribution in [1.82, 2.24) is 30.1 Å². The third kappa shape index (κ3) is 3.57. The van der Waals surface area contributed by atoms with Crippen LogP contribution in [-0.2, 0) is 6.54 Å². The molecule has 0 aliphatic carbocycles. The van der Waals surface area contributed by atoms with Crippen LogP contribution >= 0.6 is 11.3 Å². The Morgan fingerprint density at radius 1 is 1.38 bits per heavy atom. The molecule has 2 heterocycles. The second-order valence-electron chi connectivity index (χ2n) is 5.42. The molecule has 1 N–H and O–H groups in total. The summed E-state index contributed by atoms with van der Waals surface area (Å²) in [5.74, 6) is 0. The van der Waals surface area contributed by atoms with Crippen LogP contribution in [-0.4, -0.2) is 43.2 Å². The monoisotopic (exact) mass is 343 g/mol. The van der Waals surface area contributed by atoms with Crippen molar-refractivity contribution in [3.63, 3.8) is 0 Å². The number of benzene rings is 1. The van der Waals surface area contributed by atoms with Crippen molar-refractivity contribution in [2.45, 2.75) is 20.4 Å². The molecule has 3 aromatic rings. The highest BCUT2D eigenvalue weighted by molar-refractivity contribution is 7.09. The highest BCUT2D eigenvalue weighted by atomic mass is 32.1. The number of urea groups is 1. The van der Waals surface area contributed by atoms with Gasteiger partial charge in [-0.1, -0.05) is 0 Å². The van der Waals surface area contributed by atoms with Crippen LogP contribution in [0.2, 0.25) is 0 Å². The highest BCUT2D eigenvalue weighted by Gasteiger charge is 2.12. The van der Waals surface area contributed by atoms with Crippen LogP contribution in [0.3, 0.4) is 0 Å². The van der Waals surface area contributed by atoms with E-state index in [2.05, 4.69) is 25.8 Å². The summed E-state index contributed by atoms with van der Waals surface area (Å²) < 4.78 is 1.58. The Labute approximate surface area is 143 Å². The molecule has 2 aromatic heterocycles. The van der Waals surface area contributed by atoms with E-state index in [9.17, 15) is 4.79 Å². The minimum atomic E-state index is -0.183. The molecule has 0 radical (unpaired) electrons. The van der Waals surface area contributed by atoms with Gasteiger partial charge in [-0.15, -0.1) is 16.4 Å². The van der Waals surface area contributed by atoms with E-state index in [-0.39, 0.29) is 6.03 Å². The maximum Gasteiger partial charge on any atom is 0.321 e. The summed E-state index contributed by atoms with van der Waals surface area (Å²) in [6, 6.07) is 5.39. The Hall–Kier alpha value is -2.81. The number of nitrogens with one attached hydrogen (secondary N) is 1. The van der Waals surface area contributed by atoms with Crippen molar-refractivity contribution < 1.29 is 4.79 Å². The number of thiazole rings is 1. The summed E-state index contributed by atoms with van der Waals surface area (Å²) in [7, 11) is 1.74. The number of aromatic nitrogens is 5. The van der Waals surface area contributed by atoms with Gasteiger partial charge in [-0.3, -0.25) is 0 Å². The first-order valence-corrected chi connectivity index (χ1v) is 8.18. The van der Waals surface area contributed by atoms with Crippen LogP contribution in [0.5, 0.6) is 0 Å². The van der Waals surface area contributed by atoms with E-state index in [4.69, 9.17) is 0 Å². The third-order valence-electron chi connectivity index (χ3n) is 3.43. The van der Waals surface area contributed by atoms with E-state index in [0.717, 1.165) is 27.6 Å². The summed E-state index contributed by atoms with van der Waals surface area (Å²) >= 11 is 1.55. The molecule has 0 atom stereocenters. The molecule has 0 aliphatic heterocycles. The van der Waals surface area contributed by atoms with Gasteiger partial charge in [0.1, 0.15) is 11.3 Å². The zero-order valence-electron chi connectivity index (χ0n) is 13.6. The second kappa shape index (κ2) is 6.75. The molecule has 8 nitrogen and oxygen atoms in total. The molecule has 24 heavy (non-hydrogen) atoms. The average Bonchev–Trinajstić information content (AvgIpc) is 3.19. The smallest absolute Gasteiger partial charge is 0.321 e. The summed E-state index contributed by atoms with van der Waals surface area (Å²) in [5.41, 5.74) is 3.51. The number of hydrogen-bond acceptors (Lipinski definition) is 6. The van der Waals surface area contributed by atoms with Gasteiger partial charge in [0.25, 0.3) is 0 Å². The Morgan fingerprint density at radius 2 is 2.21 bits per heavy atom. The molecule has 0 spiro atoms. The summed E-state index contributed by atoms with van der Waals surface area (Å²) in [6.07, 6.45) is 1.53. The van der Waals surface area contributed by atoms with Crippen LogP contribution in [0.4, 0.5) is 10.5 Å². The number of rotatable bonds is 4. The average molecular weight is 343 g/mol. The van der Waals surface area contributed by atoms with E-state index in [0.29, 0.717) is 6.54 Å². The fourth-order valence-electron chi connectivity index (χ4n) is 2.23. The number of nitrogens with zero attached hydrogens (tertiary/aromatic N) is 6. The van der Waals surface area contributed by atoms with Crippen molar-refractivity contribution in [2.24, 2.45) is 0 Å². The Kier molecular flexibility index (Phi) is 4.52. The van der Waals surface area contributed by atoms with E-state index in [1.807, 2.05) is 37.4 Å². The predicted molar refractivity (Wildman–Crippen MR) is 91.2 cm³/mol. The number of carbonyl (C=O) groups is 1. The molecule has 0 unspecified atom stereocenters. The molecule has 0 bridgehead atoms. The molecular formula is C15H17N7OS. The number of anilines is 1. The normalized spacial score (nSPS) is 10.6. The zero-order chi connectivity index (χ0) is 17.1. The Morgan fingerprint density at radius 3 is 2.83 bits per heavy atom. The van der Waals surface area contributed by atoms with Crippen molar-refractivity contribution in [3.05, 3.63) is 46.2 Å². The fraction of sp³-hybridized carbons (Fsp3) is 0.267.